The molecule has 0 amide bonds. The number of rotatable bonds is 13. The van der Waals surface area contributed by atoms with Gasteiger partial charge in [0.25, 0.3) is 0 Å². The summed E-state index contributed by atoms with van der Waals surface area (Å²) in [4.78, 5) is 0. The number of ether oxygens (including phenoxy) is 3. The van der Waals surface area contributed by atoms with Crippen LogP contribution in [-0.4, -0.2) is 19.8 Å². The lowest BCUT2D eigenvalue weighted by Gasteiger charge is -2.18. The molecular weight excluding hydrogens is 300 g/mol. The van der Waals surface area contributed by atoms with Gasteiger partial charge in [0.2, 0.25) is 5.75 Å². The normalized spacial score (nSPS) is 13.2. The minimum absolute atomic E-state index is 0.557. The van der Waals surface area contributed by atoms with E-state index in [1.807, 2.05) is 18.2 Å². The Kier molecular flexibility index (Phi) is 7.47. The van der Waals surface area contributed by atoms with Crippen LogP contribution in [0.15, 0.2) is 50.1 Å². The van der Waals surface area contributed by atoms with Crippen molar-refractivity contribution in [1.82, 2.24) is 0 Å². The van der Waals surface area contributed by atoms with E-state index in [2.05, 4.69) is 31.9 Å². The van der Waals surface area contributed by atoms with E-state index in [-0.39, 0.29) is 0 Å². The summed E-state index contributed by atoms with van der Waals surface area (Å²) in [7, 11) is 0. The summed E-state index contributed by atoms with van der Waals surface area (Å²) in [6.07, 6.45) is 10.4. The molecule has 1 saturated carbocycles. The highest BCUT2D eigenvalue weighted by Crippen LogP contribution is 2.47. The van der Waals surface area contributed by atoms with Crippen LogP contribution in [0.5, 0.6) is 17.2 Å². The fourth-order valence-corrected chi connectivity index (χ4v) is 2.35. The number of benzene rings is 1. The van der Waals surface area contributed by atoms with Gasteiger partial charge in [-0.25, -0.2) is 0 Å². The predicted octanol–water partition coefficient (Wildman–Crippen LogP) is 5.43. The Morgan fingerprint density at radius 3 is 1.67 bits per heavy atom. The van der Waals surface area contributed by atoms with E-state index in [1.54, 1.807) is 0 Å². The first-order valence-corrected chi connectivity index (χ1v) is 8.69. The van der Waals surface area contributed by atoms with Crippen molar-refractivity contribution < 1.29 is 14.2 Å². The predicted molar refractivity (Wildman–Crippen MR) is 99.3 cm³/mol. The third kappa shape index (κ3) is 5.48. The second kappa shape index (κ2) is 9.86. The Morgan fingerprint density at radius 2 is 1.25 bits per heavy atom. The van der Waals surface area contributed by atoms with Crippen LogP contribution in [-0.2, 0) is 0 Å². The van der Waals surface area contributed by atoms with Crippen molar-refractivity contribution in [3.63, 3.8) is 0 Å². The van der Waals surface area contributed by atoms with E-state index in [0.29, 0.717) is 31.5 Å². The molecule has 0 radical (unpaired) electrons. The highest BCUT2D eigenvalue weighted by atomic mass is 16.5. The molecule has 3 heteroatoms. The quantitative estimate of drug-likeness (QED) is 0.357. The van der Waals surface area contributed by atoms with Crippen LogP contribution < -0.4 is 14.2 Å². The molecular formula is C21H28O3. The van der Waals surface area contributed by atoms with Crippen LogP contribution in [0.2, 0.25) is 0 Å². The van der Waals surface area contributed by atoms with Crippen LogP contribution in [0.25, 0.3) is 0 Å². The molecule has 0 saturated heterocycles. The Balaban J connectivity index is 2.24. The fraction of sp³-hybridized carbons (Fsp3) is 0.429. The molecule has 24 heavy (non-hydrogen) atoms. The van der Waals surface area contributed by atoms with Crippen LogP contribution >= 0.6 is 0 Å². The summed E-state index contributed by atoms with van der Waals surface area (Å²) >= 11 is 0. The SMILES string of the molecule is C=CCCOc1cc(C2CC2)cc(OCCC=C)c1OCCC=C. The first-order chi connectivity index (χ1) is 11.8. The lowest BCUT2D eigenvalue weighted by Crippen LogP contribution is -2.06. The molecule has 0 N–H and O–H groups in total. The van der Waals surface area contributed by atoms with Crippen molar-refractivity contribution >= 4 is 0 Å². The van der Waals surface area contributed by atoms with E-state index in [0.717, 1.165) is 30.8 Å². The largest absolute Gasteiger partial charge is 0.489 e. The highest BCUT2D eigenvalue weighted by Gasteiger charge is 2.27. The Bertz CT molecular complexity index is 523. The van der Waals surface area contributed by atoms with Gasteiger partial charge in [0, 0.05) is 0 Å². The maximum atomic E-state index is 5.95. The average molecular weight is 328 g/mol. The molecule has 3 nitrogen and oxygen atoms in total. The summed E-state index contributed by atoms with van der Waals surface area (Å²) < 4.78 is 17.9. The topological polar surface area (TPSA) is 27.7 Å². The Labute approximate surface area is 145 Å². The number of hydrogen-bond acceptors (Lipinski definition) is 3. The smallest absolute Gasteiger partial charge is 0.203 e. The van der Waals surface area contributed by atoms with Gasteiger partial charge in [-0.1, -0.05) is 18.2 Å². The summed E-state index contributed by atoms with van der Waals surface area (Å²) in [6.45, 7) is 12.9. The molecule has 2 rings (SSSR count). The lowest BCUT2D eigenvalue weighted by atomic mass is 10.1. The summed E-state index contributed by atoms with van der Waals surface area (Å²) in [6, 6.07) is 4.20. The first kappa shape index (κ1) is 18.2. The molecule has 0 heterocycles. The van der Waals surface area contributed by atoms with E-state index in [1.165, 1.54) is 18.4 Å². The molecule has 0 aromatic heterocycles. The average Bonchev–Trinajstić information content (AvgIpc) is 3.42. The fourth-order valence-electron chi connectivity index (χ4n) is 2.35. The zero-order chi connectivity index (χ0) is 17.2. The maximum Gasteiger partial charge on any atom is 0.203 e. The van der Waals surface area contributed by atoms with Crippen molar-refractivity contribution in [1.29, 1.82) is 0 Å². The lowest BCUT2D eigenvalue weighted by molar-refractivity contribution is 0.248. The van der Waals surface area contributed by atoms with Gasteiger partial charge < -0.3 is 14.2 Å². The molecule has 1 aromatic rings. The van der Waals surface area contributed by atoms with E-state index in [9.17, 15) is 0 Å². The molecule has 1 aliphatic carbocycles. The van der Waals surface area contributed by atoms with Gasteiger partial charge in [0.05, 0.1) is 19.8 Å². The Morgan fingerprint density at radius 1 is 0.792 bits per heavy atom. The third-order valence-electron chi connectivity index (χ3n) is 3.82. The van der Waals surface area contributed by atoms with Crippen molar-refractivity contribution in [2.45, 2.75) is 38.0 Å². The second-order valence-electron chi connectivity index (χ2n) is 5.90. The highest BCUT2D eigenvalue weighted by molar-refractivity contribution is 5.55. The third-order valence-corrected chi connectivity index (χ3v) is 3.82. The summed E-state index contributed by atoms with van der Waals surface area (Å²) in [5.41, 5.74) is 1.27. The van der Waals surface area contributed by atoms with Crippen LogP contribution in [0.1, 0.15) is 43.6 Å². The molecule has 0 atom stereocenters. The van der Waals surface area contributed by atoms with Crippen molar-refractivity contribution in [2.75, 3.05) is 19.8 Å². The van der Waals surface area contributed by atoms with Crippen LogP contribution in [0.3, 0.4) is 0 Å². The minimum Gasteiger partial charge on any atom is -0.489 e. The van der Waals surface area contributed by atoms with Crippen molar-refractivity contribution in [3.8, 4) is 17.2 Å². The van der Waals surface area contributed by atoms with Gasteiger partial charge in [0.15, 0.2) is 11.5 Å². The van der Waals surface area contributed by atoms with E-state index < -0.39 is 0 Å². The summed E-state index contributed by atoms with van der Waals surface area (Å²) in [5, 5.41) is 0. The van der Waals surface area contributed by atoms with Crippen molar-refractivity contribution in [3.05, 3.63) is 55.7 Å². The summed E-state index contributed by atoms with van der Waals surface area (Å²) in [5.74, 6) is 2.84. The monoisotopic (exact) mass is 328 g/mol. The van der Waals surface area contributed by atoms with Gasteiger partial charge in [-0.2, -0.15) is 0 Å². The van der Waals surface area contributed by atoms with Gasteiger partial charge in [-0.3, -0.25) is 0 Å². The zero-order valence-corrected chi connectivity index (χ0v) is 14.5. The van der Waals surface area contributed by atoms with Gasteiger partial charge in [-0.05, 0) is 55.7 Å². The van der Waals surface area contributed by atoms with Gasteiger partial charge in [-0.15, -0.1) is 19.7 Å². The maximum absolute atomic E-state index is 5.95. The van der Waals surface area contributed by atoms with Crippen LogP contribution in [0.4, 0.5) is 0 Å². The molecule has 1 aromatic carbocycles. The van der Waals surface area contributed by atoms with Crippen LogP contribution in [0, 0.1) is 0 Å². The van der Waals surface area contributed by atoms with Gasteiger partial charge in [0.1, 0.15) is 0 Å². The van der Waals surface area contributed by atoms with Gasteiger partial charge >= 0.3 is 0 Å². The molecule has 0 aliphatic heterocycles. The molecule has 130 valence electrons. The van der Waals surface area contributed by atoms with E-state index in [4.69, 9.17) is 14.2 Å². The molecule has 1 fully saturated rings. The molecule has 0 bridgehead atoms. The minimum atomic E-state index is 0.557. The number of hydrogen-bond donors (Lipinski definition) is 0. The zero-order valence-electron chi connectivity index (χ0n) is 14.5. The van der Waals surface area contributed by atoms with Crippen molar-refractivity contribution in [2.24, 2.45) is 0 Å². The standard InChI is InChI=1S/C21H28O3/c1-4-7-12-22-19-15-18(17-10-11-17)16-20(23-13-8-5-2)21(19)24-14-9-6-3/h4-6,15-17H,1-3,7-14H2. The molecule has 1 aliphatic rings. The molecule has 0 spiro atoms. The first-order valence-electron chi connectivity index (χ1n) is 8.69. The van der Waals surface area contributed by atoms with E-state index >= 15 is 0 Å². The second-order valence-corrected chi connectivity index (χ2v) is 5.90. The molecule has 0 unspecified atom stereocenters. The Hall–Kier alpha value is -2.16.